The van der Waals surface area contributed by atoms with E-state index in [-0.39, 0.29) is 19.6 Å². The number of benzene rings is 4. The Morgan fingerprint density at radius 1 is 0.730 bits per heavy atom. The zero-order valence-electron chi connectivity index (χ0n) is 20.9. The summed E-state index contributed by atoms with van der Waals surface area (Å²) >= 11 is 0. The molecule has 0 spiro atoms. The van der Waals surface area contributed by atoms with Crippen molar-refractivity contribution in [1.82, 2.24) is 0 Å². The summed E-state index contributed by atoms with van der Waals surface area (Å²) in [6.45, 7) is 0.372. The van der Waals surface area contributed by atoms with Gasteiger partial charge in [-0.1, -0.05) is 103 Å². The molecule has 5 nitrogen and oxygen atoms in total. The highest BCUT2D eigenvalue weighted by atomic mass is 16.5. The summed E-state index contributed by atoms with van der Waals surface area (Å²) in [4.78, 5) is 0. The van der Waals surface area contributed by atoms with Gasteiger partial charge in [0, 0.05) is 6.42 Å². The summed E-state index contributed by atoms with van der Waals surface area (Å²) in [5.74, 6) is 0.776. The summed E-state index contributed by atoms with van der Waals surface area (Å²) < 4.78 is 17.6. The van der Waals surface area contributed by atoms with Gasteiger partial charge in [-0.3, -0.25) is 0 Å². The van der Waals surface area contributed by atoms with Crippen molar-refractivity contribution in [2.75, 3.05) is 20.3 Å². The maximum atomic E-state index is 11.2. The van der Waals surface area contributed by atoms with Gasteiger partial charge in [-0.25, -0.2) is 0 Å². The average Bonchev–Trinajstić information content (AvgIpc) is 2.98. The molecule has 5 heteroatoms. The molecule has 0 aliphatic carbocycles. The lowest BCUT2D eigenvalue weighted by atomic mass is 9.80. The summed E-state index contributed by atoms with van der Waals surface area (Å²) in [6.07, 6.45) is 0.105. The van der Waals surface area contributed by atoms with E-state index in [1.165, 1.54) is 0 Å². The van der Waals surface area contributed by atoms with Gasteiger partial charge in [-0.05, 0) is 34.4 Å². The quantitative estimate of drug-likeness (QED) is 0.152. The van der Waals surface area contributed by atoms with Gasteiger partial charge in [0.2, 0.25) is 0 Å². The molecule has 0 aliphatic rings. The van der Waals surface area contributed by atoms with E-state index < -0.39 is 11.2 Å². The van der Waals surface area contributed by atoms with Crippen molar-refractivity contribution in [2.24, 2.45) is 0 Å². The molecule has 0 saturated carbocycles. The van der Waals surface area contributed by atoms with Crippen LogP contribution >= 0.6 is 0 Å². The third-order valence-corrected chi connectivity index (χ3v) is 6.36. The number of nitrogens with zero attached hydrogens (tertiary/aromatic N) is 1. The molecule has 0 radical (unpaired) electrons. The van der Waals surface area contributed by atoms with Crippen LogP contribution in [0.15, 0.2) is 115 Å². The molecule has 0 fully saturated rings. The fraction of sp³-hybridized carbons (Fsp3) is 0.219. The van der Waals surface area contributed by atoms with E-state index in [2.05, 4.69) is 6.07 Å². The standard InChI is InChI=1S/C32H31NO4/c1-35-30-19-17-26(18-20-30)23-36-22-21-31(34,24-33)25-37-32(27-11-5-2-6-12-27,28-13-7-3-8-14-28)29-15-9-4-10-16-29/h2-20,34H,21-23,25H2,1H3. The Morgan fingerprint density at radius 2 is 1.22 bits per heavy atom. The third-order valence-electron chi connectivity index (χ3n) is 6.36. The van der Waals surface area contributed by atoms with Crippen LogP contribution in [0.3, 0.4) is 0 Å². The van der Waals surface area contributed by atoms with E-state index in [1.807, 2.05) is 115 Å². The molecule has 1 unspecified atom stereocenters. The normalized spacial score (nSPS) is 12.9. The van der Waals surface area contributed by atoms with Gasteiger partial charge in [-0.15, -0.1) is 0 Å². The van der Waals surface area contributed by atoms with Crippen molar-refractivity contribution in [3.63, 3.8) is 0 Å². The maximum Gasteiger partial charge on any atom is 0.176 e. The van der Waals surface area contributed by atoms with Gasteiger partial charge in [-0.2, -0.15) is 5.26 Å². The summed E-state index contributed by atoms with van der Waals surface area (Å²) in [7, 11) is 1.62. The second-order valence-electron chi connectivity index (χ2n) is 8.86. The number of hydrogen-bond donors (Lipinski definition) is 1. The Labute approximate surface area is 218 Å². The molecule has 0 bridgehead atoms. The molecule has 37 heavy (non-hydrogen) atoms. The first-order chi connectivity index (χ1) is 18.1. The second kappa shape index (κ2) is 12.3. The number of aliphatic hydroxyl groups is 1. The molecule has 0 heterocycles. The van der Waals surface area contributed by atoms with Gasteiger partial charge in [0.15, 0.2) is 5.60 Å². The lowest BCUT2D eigenvalue weighted by molar-refractivity contribution is -0.0776. The van der Waals surface area contributed by atoms with E-state index in [1.54, 1.807) is 7.11 Å². The highest BCUT2D eigenvalue weighted by Gasteiger charge is 2.40. The van der Waals surface area contributed by atoms with Gasteiger partial charge in [0.25, 0.3) is 0 Å². The van der Waals surface area contributed by atoms with Crippen LogP contribution in [0.25, 0.3) is 0 Å². The van der Waals surface area contributed by atoms with Crippen LogP contribution in [-0.4, -0.2) is 31.0 Å². The molecule has 4 rings (SSSR count). The number of nitriles is 1. The highest BCUT2D eigenvalue weighted by Crippen LogP contribution is 2.41. The lowest BCUT2D eigenvalue weighted by Gasteiger charge is -2.37. The third kappa shape index (κ3) is 6.25. The number of ether oxygens (including phenoxy) is 3. The van der Waals surface area contributed by atoms with Gasteiger partial charge in [0.05, 0.1) is 33.0 Å². The minimum absolute atomic E-state index is 0.105. The van der Waals surface area contributed by atoms with Crippen molar-refractivity contribution < 1.29 is 19.3 Å². The minimum atomic E-state index is -1.73. The van der Waals surface area contributed by atoms with E-state index >= 15 is 0 Å². The van der Waals surface area contributed by atoms with Crippen LogP contribution in [0, 0.1) is 11.3 Å². The van der Waals surface area contributed by atoms with Crippen LogP contribution in [0.1, 0.15) is 28.7 Å². The van der Waals surface area contributed by atoms with Crippen LogP contribution in [0.5, 0.6) is 5.75 Å². The predicted molar refractivity (Wildman–Crippen MR) is 143 cm³/mol. The van der Waals surface area contributed by atoms with Gasteiger partial charge in [0.1, 0.15) is 11.4 Å². The zero-order chi connectivity index (χ0) is 26.0. The molecule has 0 aromatic heterocycles. The first-order valence-corrected chi connectivity index (χ1v) is 12.2. The van der Waals surface area contributed by atoms with Crippen molar-refractivity contribution in [1.29, 1.82) is 5.26 Å². The van der Waals surface area contributed by atoms with Crippen molar-refractivity contribution in [3.05, 3.63) is 138 Å². The Bertz CT molecular complexity index is 1170. The molecule has 0 amide bonds. The summed E-state index contributed by atoms with van der Waals surface area (Å²) in [5, 5.41) is 21.1. The van der Waals surface area contributed by atoms with Crippen LogP contribution in [0.4, 0.5) is 0 Å². The Kier molecular flexibility index (Phi) is 8.71. The van der Waals surface area contributed by atoms with Crippen LogP contribution in [-0.2, 0) is 21.7 Å². The molecule has 0 aliphatic heterocycles. The zero-order valence-corrected chi connectivity index (χ0v) is 20.9. The smallest absolute Gasteiger partial charge is 0.176 e. The first kappa shape index (κ1) is 26.1. The van der Waals surface area contributed by atoms with Crippen LogP contribution in [0.2, 0.25) is 0 Å². The topological polar surface area (TPSA) is 71.7 Å². The van der Waals surface area contributed by atoms with Crippen molar-refractivity contribution >= 4 is 0 Å². The lowest BCUT2D eigenvalue weighted by Crippen LogP contribution is -2.41. The van der Waals surface area contributed by atoms with E-state index in [4.69, 9.17) is 14.2 Å². The molecule has 4 aromatic rings. The fourth-order valence-electron chi connectivity index (χ4n) is 4.31. The van der Waals surface area contributed by atoms with Crippen LogP contribution < -0.4 is 4.74 Å². The van der Waals surface area contributed by atoms with Gasteiger partial charge < -0.3 is 19.3 Å². The summed E-state index contributed by atoms with van der Waals surface area (Å²) in [5.41, 5.74) is 0.950. The molecule has 1 N–H and O–H groups in total. The predicted octanol–water partition coefficient (Wildman–Crippen LogP) is 5.87. The van der Waals surface area contributed by atoms with E-state index in [0.717, 1.165) is 28.0 Å². The first-order valence-electron chi connectivity index (χ1n) is 12.2. The molecule has 4 aromatic carbocycles. The van der Waals surface area contributed by atoms with Gasteiger partial charge >= 0.3 is 0 Å². The largest absolute Gasteiger partial charge is 0.497 e. The number of hydrogen-bond acceptors (Lipinski definition) is 5. The van der Waals surface area contributed by atoms with Crippen molar-refractivity contribution in [2.45, 2.75) is 24.2 Å². The molecular weight excluding hydrogens is 462 g/mol. The van der Waals surface area contributed by atoms with Crippen molar-refractivity contribution in [3.8, 4) is 11.8 Å². The van der Waals surface area contributed by atoms with E-state index in [0.29, 0.717) is 6.61 Å². The Balaban J connectivity index is 1.55. The Hall–Kier alpha value is -3.95. The maximum absolute atomic E-state index is 11.2. The van der Waals surface area contributed by atoms with E-state index in [9.17, 15) is 10.4 Å². The number of methoxy groups -OCH3 is 1. The molecule has 188 valence electrons. The highest BCUT2D eigenvalue weighted by molar-refractivity contribution is 5.47. The summed E-state index contributed by atoms with van der Waals surface area (Å²) in [6, 6.07) is 39.3. The minimum Gasteiger partial charge on any atom is -0.497 e. The molecular formula is C32H31NO4. The molecule has 1 atom stereocenters. The second-order valence-corrected chi connectivity index (χ2v) is 8.86. The monoisotopic (exact) mass is 493 g/mol. The molecule has 0 saturated heterocycles. The Morgan fingerprint density at radius 3 is 1.65 bits per heavy atom. The SMILES string of the molecule is COc1ccc(COCCC(O)(C#N)COC(c2ccccc2)(c2ccccc2)c2ccccc2)cc1. The fourth-order valence-corrected chi connectivity index (χ4v) is 4.31. The number of rotatable bonds is 12. The average molecular weight is 494 g/mol.